The molecule has 0 aromatic heterocycles. The number of rotatable bonds is 4. The Morgan fingerprint density at radius 3 is 2.45 bits per heavy atom. The van der Waals surface area contributed by atoms with E-state index in [1.54, 1.807) is 0 Å². The summed E-state index contributed by atoms with van der Waals surface area (Å²) in [7, 11) is 0. The first-order chi connectivity index (χ1) is 10.6. The molecule has 0 saturated heterocycles. The van der Waals surface area contributed by atoms with Crippen LogP contribution < -0.4 is 20.9 Å². The van der Waals surface area contributed by atoms with Gasteiger partial charge in [0.05, 0.1) is 0 Å². The molecule has 2 rings (SSSR count). The second-order valence-corrected chi connectivity index (χ2v) is 4.96. The van der Waals surface area contributed by atoms with Gasteiger partial charge in [-0.15, -0.1) is 0 Å². The third kappa shape index (κ3) is 5.06. The van der Waals surface area contributed by atoms with Gasteiger partial charge in [-0.25, -0.2) is 0 Å². The molecule has 2 aromatic rings. The number of benzene rings is 2. The van der Waals surface area contributed by atoms with Crippen LogP contribution in [0.3, 0.4) is 0 Å². The number of para-hydroxylation sites is 2. The molecule has 0 bridgehead atoms. The number of thiocarbonyl (C=S) groups is 1. The molecule has 114 valence electrons. The summed E-state index contributed by atoms with van der Waals surface area (Å²) < 4.78 is 5.43. The van der Waals surface area contributed by atoms with Gasteiger partial charge in [-0.2, -0.15) is 0 Å². The van der Waals surface area contributed by atoms with E-state index in [2.05, 4.69) is 16.2 Å². The first-order valence-electron chi connectivity index (χ1n) is 6.74. The van der Waals surface area contributed by atoms with Crippen molar-refractivity contribution in [2.75, 3.05) is 11.9 Å². The Bertz CT molecular complexity index is 647. The van der Waals surface area contributed by atoms with Crippen molar-refractivity contribution in [2.45, 2.75) is 6.92 Å². The lowest BCUT2D eigenvalue weighted by atomic mass is 10.2. The minimum absolute atomic E-state index is 0.0915. The second kappa shape index (κ2) is 7.99. The van der Waals surface area contributed by atoms with Gasteiger partial charge in [0.15, 0.2) is 11.7 Å². The van der Waals surface area contributed by atoms with Crippen LogP contribution in [-0.4, -0.2) is 17.6 Å². The minimum Gasteiger partial charge on any atom is -0.483 e. The maximum atomic E-state index is 11.7. The minimum atomic E-state index is -0.319. The van der Waals surface area contributed by atoms with Crippen LogP contribution in [0.1, 0.15) is 5.56 Å². The zero-order valence-corrected chi connectivity index (χ0v) is 12.9. The lowest BCUT2D eigenvalue weighted by molar-refractivity contribution is -0.123. The van der Waals surface area contributed by atoms with Gasteiger partial charge in [0.25, 0.3) is 5.91 Å². The number of hydrazine groups is 1. The van der Waals surface area contributed by atoms with Gasteiger partial charge in [-0.1, -0.05) is 36.4 Å². The number of aryl methyl sites for hydroxylation is 1. The summed E-state index contributed by atoms with van der Waals surface area (Å²) in [6.45, 7) is 1.83. The average Bonchev–Trinajstić information content (AvgIpc) is 2.53. The predicted octanol–water partition coefficient (Wildman–Crippen LogP) is 2.39. The van der Waals surface area contributed by atoms with Crippen molar-refractivity contribution in [1.82, 2.24) is 10.9 Å². The summed E-state index contributed by atoms with van der Waals surface area (Å²) in [6.07, 6.45) is 0. The molecule has 1 amide bonds. The number of hydrogen-bond acceptors (Lipinski definition) is 3. The molecule has 2 aromatic carbocycles. The van der Waals surface area contributed by atoms with Crippen LogP contribution in [0.15, 0.2) is 54.6 Å². The molecule has 0 aliphatic heterocycles. The van der Waals surface area contributed by atoms with Crippen molar-refractivity contribution in [2.24, 2.45) is 0 Å². The molecule has 0 saturated carbocycles. The summed E-state index contributed by atoms with van der Waals surface area (Å²) in [5, 5.41) is 3.25. The largest absolute Gasteiger partial charge is 0.483 e. The Hall–Kier alpha value is -2.60. The van der Waals surface area contributed by atoms with Crippen LogP contribution in [0.2, 0.25) is 0 Å². The molecule has 0 aliphatic rings. The van der Waals surface area contributed by atoms with Crippen LogP contribution in [0.25, 0.3) is 0 Å². The standard InChI is InChI=1S/C16H17N3O2S/c1-12-7-5-6-10-14(12)21-11-15(20)18-19-16(22)17-13-8-3-2-4-9-13/h2-10H,11H2,1H3,(H,18,20)(H2,17,19,22). The molecule has 0 fully saturated rings. The SMILES string of the molecule is Cc1ccccc1OCC(=O)NNC(=S)Nc1ccccc1. The summed E-state index contributed by atoms with van der Waals surface area (Å²) in [6, 6.07) is 16.9. The summed E-state index contributed by atoms with van der Waals surface area (Å²) >= 11 is 5.08. The van der Waals surface area contributed by atoms with Gasteiger partial charge in [-0.05, 0) is 42.9 Å². The van der Waals surface area contributed by atoms with Gasteiger partial charge in [0, 0.05) is 5.69 Å². The Morgan fingerprint density at radius 2 is 1.73 bits per heavy atom. The monoisotopic (exact) mass is 315 g/mol. The first kappa shape index (κ1) is 15.8. The van der Waals surface area contributed by atoms with Crippen molar-refractivity contribution in [1.29, 1.82) is 0 Å². The number of hydrogen-bond donors (Lipinski definition) is 3. The van der Waals surface area contributed by atoms with Crippen LogP contribution in [-0.2, 0) is 4.79 Å². The molecule has 5 nitrogen and oxygen atoms in total. The molecule has 0 unspecified atom stereocenters. The van der Waals surface area contributed by atoms with Crippen molar-refractivity contribution < 1.29 is 9.53 Å². The number of carbonyl (C=O) groups is 1. The van der Waals surface area contributed by atoms with Gasteiger partial charge >= 0.3 is 0 Å². The third-order valence-electron chi connectivity index (χ3n) is 2.80. The van der Waals surface area contributed by atoms with Gasteiger partial charge in [-0.3, -0.25) is 15.6 Å². The predicted molar refractivity (Wildman–Crippen MR) is 90.6 cm³/mol. The maximum Gasteiger partial charge on any atom is 0.276 e. The fourth-order valence-electron chi connectivity index (χ4n) is 1.71. The highest BCUT2D eigenvalue weighted by molar-refractivity contribution is 7.80. The van der Waals surface area contributed by atoms with Crippen molar-refractivity contribution in [3.05, 3.63) is 60.2 Å². The van der Waals surface area contributed by atoms with Crippen LogP contribution in [0.4, 0.5) is 5.69 Å². The Balaban J connectivity index is 1.71. The molecule has 0 radical (unpaired) electrons. The van der Waals surface area contributed by atoms with Crippen molar-refractivity contribution >= 4 is 28.9 Å². The normalized spacial score (nSPS) is 9.68. The zero-order chi connectivity index (χ0) is 15.8. The van der Waals surface area contributed by atoms with E-state index in [1.807, 2.05) is 61.5 Å². The van der Waals surface area contributed by atoms with Crippen LogP contribution in [0.5, 0.6) is 5.75 Å². The fraction of sp³-hybridized carbons (Fsp3) is 0.125. The van der Waals surface area contributed by atoms with Crippen molar-refractivity contribution in [3.8, 4) is 5.75 Å². The highest BCUT2D eigenvalue weighted by Crippen LogP contribution is 2.15. The number of carbonyl (C=O) groups excluding carboxylic acids is 1. The van der Waals surface area contributed by atoms with E-state index in [4.69, 9.17) is 17.0 Å². The third-order valence-corrected chi connectivity index (χ3v) is 3.00. The van der Waals surface area contributed by atoms with Crippen molar-refractivity contribution in [3.63, 3.8) is 0 Å². The van der Waals surface area contributed by atoms with E-state index in [-0.39, 0.29) is 12.5 Å². The number of nitrogens with one attached hydrogen (secondary N) is 3. The molecular formula is C16H17N3O2S. The number of anilines is 1. The highest BCUT2D eigenvalue weighted by atomic mass is 32.1. The summed E-state index contributed by atoms with van der Waals surface area (Å²) in [5.41, 5.74) is 6.91. The van der Waals surface area contributed by atoms with Crippen LogP contribution >= 0.6 is 12.2 Å². The van der Waals surface area contributed by atoms with E-state index in [0.29, 0.717) is 10.9 Å². The molecule has 6 heteroatoms. The average molecular weight is 315 g/mol. The lowest BCUT2D eigenvalue weighted by Gasteiger charge is -2.12. The zero-order valence-electron chi connectivity index (χ0n) is 12.1. The summed E-state index contributed by atoms with van der Waals surface area (Å²) in [5.74, 6) is 0.364. The van der Waals surface area contributed by atoms with Gasteiger partial charge in [0.1, 0.15) is 5.75 Å². The Morgan fingerprint density at radius 1 is 1.05 bits per heavy atom. The number of amides is 1. The smallest absolute Gasteiger partial charge is 0.276 e. The Kier molecular flexibility index (Phi) is 5.73. The molecule has 0 spiro atoms. The quantitative estimate of drug-likeness (QED) is 0.597. The maximum absolute atomic E-state index is 11.7. The Labute approximate surface area is 134 Å². The molecule has 3 N–H and O–H groups in total. The second-order valence-electron chi connectivity index (χ2n) is 4.55. The van der Waals surface area contributed by atoms with E-state index in [1.165, 1.54) is 0 Å². The molecular weight excluding hydrogens is 298 g/mol. The van der Waals surface area contributed by atoms with E-state index in [9.17, 15) is 4.79 Å². The fourth-order valence-corrected chi connectivity index (χ4v) is 1.88. The van der Waals surface area contributed by atoms with E-state index in [0.717, 1.165) is 11.3 Å². The molecule has 0 aliphatic carbocycles. The lowest BCUT2D eigenvalue weighted by Crippen LogP contribution is -2.45. The van der Waals surface area contributed by atoms with E-state index >= 15 is 0 Å². The topological polar surface area (TPSA) is 62.4 Å². The summed E-state index contributed by atoms with van der Waals surface area (Å²) in [4.78, 5) is 11.7. The molecule has 22 heavy (non-hydrogen) atoms. The molecule has 0 heterocycles. The highest BCUT2D eigenvalue weighted by Gasteiger charge is 2.05. The van der Waals surface area contributed by atoms with E-state index < -0.39 is 0 Å². The van der Waals surface area contributed by atoms with Gasteiger partial charge < -0.3 is 10.1 Å². The molecule has 0 atom stereocenters. The number of ether oxygens (including phenoxy) is 1. The first-order valence-corrected chi connectivity index (χ1v) is 7.15. The van der Waals surface area contributed by atoms with Crippen LogP contribution in [0, 0.1) is 6.92 Å². The van der Waals surface area contributed by atoms with Gasteiger partial charge in [0.2, 0.25) is 0 Å².